The molecule has 4 rings (SSSR count). The fraction of sp³-hybridized carbons (Fsp3) is 0.100. The summed E-state index contributed by atoms with van der Waals surface area (Å²) in [6.07, 6.45) is 9.42. The summed E-state index contributed by atoms with van der Waals surface area (Å²) in [7, 11) is 0. The topological polar surface area (TPSA) is 93.0 Å². The molecule has 0 spiro atoms. The second-order valence-corrected chi connectivity index (χ2v) is 8.09. The molecule has 0 fully saturated rings. The van der Waals surface area contributed by atoms with Crippen molar-refractivity contribution in [2.75, 3.05) is 10.6 Å². The number of nitro groups is 1. The molecule has 7 nitrogen and oxygen atoms in total. The number of nitro benzene ring substituents is 1. The molecule has 0 amide bonds. The maximum atomic E-state index is 11.1. The van der Waals surface area contributed by atoms with Crippen LogP contribution in [0.5, 0.6) is 0 Å². The Morgan fingerprint density at radius 2 is 1.86 bits per heavy atom. The SMILES string of the molecule is O=[N+]([O-])c1ccc2nc(NC3=CC(Br)=CCC3)c(NC3=C=C=CC(Br)=C3)nc2c1. The minimum Gasteiger partial charge on any atom is -0.341 e. The van der Waals surface area contributed by atoms with Crippen molar-refractivity contribution in [2.24, 2.45) is 0 Å². The van der Waals surface area contributed by atoms with Gasteiger partial charge in [-0.1, -0.05) is 43.7 Å². The lowest BCUT2D eigenvalue weighted by molar-refractivity contribution is -0.384. The Kier molecular flexibility index (Phi) is 5.47. The maximum absolute atomic E-state index is 11.1. The summed E-state index contributed by atoms with van der Waals surface area (Å²) in [5, 5.41) is 17.6. The number of hydrogen-bond donors (Lipinski definition) is 2. The van der Waals surface area contributed by atoms with E-state index in [0.29, 0.717) is 28.4 Å². The molecule has 9 heteroatoms. The first-order chi connectivity index (χ1) is 14.0. The predicted octanol–water partition coefficient (Wildman–Crippen LogP) is 5.80. The van der Waals surface area contributed by atoms with Crippen molar-refractivity contribution in [3.8, 4) is 0 Å². The lowest BCUT2D eigenvalue weighted by Gasteiger charge is -2.17. The van der Waals surface area contributed by atoms with E-state index in [4.69, 9.17) is 0 Å². The van der Waals surface area contributed by atoms with Crippen LogP contribution in [0.1, 0.15) is 12.8 Å². The van der Waals surface area contributed by atoms with Crippen molar-refractivity contribution >= 4 is 60.2 Å². The molecule has 0 atom stereocenters. The molecule has 0 bridgehead atoms. The van der Waals surface area contributed by atoms with E-state index < -0.39 is 4.92 Å². The Morgan fingerprint density at radius 1 is 1.07 bits per heavy atom. The first-order valence-corrected chi connectivity index (χ1v) is 10.2. The van der Waals surface area contributed by atoms with Crippen molar-refractivity contribution in [2.45, 2.75) is 12.8 Å². The first-order valence-electron chi connectivity index (χ1n) is 8.63. The van der Waals surface area contributed by atoms with Gasteiger partial charge in [-0.05, 0) is 36.8 Å². The molecule has 2 aromatic rings. The Labute approximate surface area is 182 Å². The van der Waals surface area contributed by atoms with Gasteiger partial charge in [0.05, 0.1) is 21.7 Å². The van der Waals surface area contributed by atoms with Crippen LogP contribution in [0, 0.1) is 10.1 Å². The number of allylic oxidation sites excluding steroid dienone is 7. The van der Waals surface area contributed by atoms with E-state index in [1.165, 1.54) is 12.1 Å². The number of fused-ring (bicyclic) bond motifs is 1. The molecule has 1 aromatic heterocycles. The highest BCUT2D eigenvalue weighted by molar-refractivity contribution is 9.12. The van der Waals surface area contributed by atoms with Gasteiger partial charge >= 0.3 is 0 Å². The molecule has 2 N–H and O–H groups in total. The molecular weight excluding hydrogens is 502 g/mol. The highest BCUT2D eigenvalue weighted by Crippen LogP contribution is 2.29. The summed E-state index contributed by atoms with van der Waals surface area (Å²) < 4.78 is 1.83. The second-order valence-electron chi connectivity index (χ2n) is 6.25. The van der Waals surface area contributed by atoms with Gasteiger partial charge in [0.15, 0.2) is 11.6 Å². The predicted molar refractivity (Wildman–Crippen MR) is 120 cm³/mol. The zero-order chi connectivity index (χ0) is 20.4. The Hall–Kier alpha value is -2.96. The highest BCUT2D eigenvalue weighted by Gasteiger charge is 2.15. The number of anilines is 2. The zero-order valence-electron chi connectivity index (χ0n) is 14.9. The fourth-order valence-electron chi connectivity index (χ4n) is 2.84. The molecule has 2 aliphatic carbocycles. The lowest BCUT2D eigenvalue weighted by atomic mass is 10.1. The smallest absolute Gasteiger partial charge is 0.271 e. The van der Waals surface area contributed by atoms with Crippen LogP contribution in [-0.2, 0) is 0 Å². The summed E-state index contributed by atoms with van der Waals surface area (Å²) in [5.74, 6) is 0.959. The third kappa shape index (κ3) is 4.55. The van der Waals surface area contributed by atoms with Crippen LogP contribution in [0.25, 0.3) is 11.0 Å². The number of rotatable bonds is 5. The third-order valence-electron chi connectivity index (χ3n) is 4.15. The third-order valence-corrected chi connectivity index (χ3v) is 5.17. The normalized spacial score (nSPS) is 15.4. The summed E-state index contributed by atoms with van der Waals surface area (Å²) in [5.41, 5.74) is 8.44. The van der Waals surface area contributed by atoms with Crippen LogP contribution < -0.4 is 10.6 Å². The van der Waals surface area contributed by atoms with E-state index in [-0.39, 0.29) is 5.69 Å². The molecule has 2 aliphatic rings. The van der Waals surface area contributed by atoms with Gasteiger partial charge in [0, 0.05) is 32.9 Å². The Bertz CT molecular complexity index is 1230. The van der Waals surface area contributed by atoms with E-state index in [0.717, 1.165) is 27.5 Å². The van der Waals surface area contributed by atoms with Gasteiger partial charge < -0.3 is 10.6 Å². The number of non-ortho nitro benzene ring substituents is 1. The standard InChI is InChI=1S/C20H13Br2N5O2/c21-12-3-1-5-14(9-12)23-19-20(24-15-6-2-4-13(22)10-15)26-18-11-16(27(28)29)7-8-17(18)25-19/h3-4,7-11H,1,5H2,(H,23,25)(H,24,26). The van der Waals surface area contributed by atoms with Crippen LogP contribution in [0.4, 0.5) is 17.3 Å². The molecule has 0 radical (unpaired) electrons. The summed E-state index contributed by atoms with van der Waals surface area (Å²) in [4.78, 5) is 19.9. The average molecular weight is 515 g/mol. The number of halogens is 2. The second kappa shape index (κ2) is 8.19. The summed E-state index contributed by atoms with van der Waals surface area (Å²) in [6, 6.07) is 4.43. The minimum absolute atomic E-state index is 0.0372. The van der Waals surface area contributed by atoms with Crippen molar-refractivity contribution in [1.82, 2.24) is 9.97 Å². The number of hydrogen-bond acceptors (Lipinski definition) is 6. The molecule has 0 saturated carbocycles. The van der Waals surface area contributed by atoms with E-state index >= 15 is 0 Å². The quantitative estimate of drug-likeness (QED) is 0.297. The van der Waals surface area contributed by atoms with E-state index in [1.54, 1.807) is 12.1 Å². The summed E-state index contributed by atoms with van der Waals surface area (Å²) in [6.45, 7) is 0. The van der Waals surface area contributed by atoms with Gasteiger partial charge in [0.1, 0.15) is 0 Å². The van der Waals surface area contributed by atoms with E-state index in [1.807, 2.05) is 12.2 Å². The van der Waals surface area contributed by atoms with Crippen LogP contribution in [0.15, 0.2) is 74.3 Å². The zero-order valence-corrected chi connectivity index (χ0v) is 18.0. The number of benzene rings is 1. The number of nitrogens with one attached hydrogen (secondary N) is 2. The van der Waals surface area contributed by atoms with E-state index in [9.17, 15) is 10.1 Å². The molecule has 1 aromatic carbocycles. The summed E-state index contributed by atoms with van der Waals surface area (Å²) >= 11 is 6.91. The van der Waals surface area contributed by atoms with Crippen LogP contribution in [-0.4, -0.2) is 14.9 Å². The molecule has 29 heavy (non-hydrogen) atoms. The molecule has 0 aliphatic heterocycles. The number of aromatic nitrogens is 2. The maximum Gasteiger partial charge on any atom is 0.271 e. The number of nitrogens with zero attached hydrogens (tertiary/aromatic N) is 3. The van der Waals surface area contributed by atoms with E-state index in [2.05, 4.69) is 70.0 Å². The van der Waals surface area contributed by atoms with Gasteiger partial charge in [0.2, 0.25) is 0 Å². The monoisotopic (exact) mass is 513 g/mol. The Morgan fingerprint density at radius 3 is 2.62 bits per heavy atom. The van der Waals surface area contributed by atoms with Crippen molar-refractivity contribution in [3.05, 3.63) is 84.4 Å². The average Bonchev–Trinajstić information content (AvgIpc) is 2.68. The van der Waals surface area contributed by atoms with Gasteiger partial charge in [0.25, 0.3) is 5.69 Å². The van der Waals surface area contributed by atoms with Gasteiger partial charge in [-0.3, -0.25) is 10.1 Å². The van der Waals surface area contributed by atoms with Gasteiger partial charge in [-0.15, -0.1) is 0 Å². The molecule has 144 valence electrons. The highest BCUT2D eigenvalue weighted by atomic mass is 79.9. The molecular formula is C20H13Br2N5O2. The van der Waals surface area contributed by atoms with Gasteiger partial charge in [-0.25, -0.2) is 9.97 Å². The van der Waals surface area contributed by atoms with Crippen LogP contribution in [0.2, 0.25) is 0 Å². The van der Waals surface area contributed by atoms with Crippen LogP contribution in [0.3, 0.4) is 0 Å². The van der Waals surface area contributed by atoms with Gasteiger partial charge in [-0.2, -0.15) is 0 Å². The van der Waals surface area contributed by atoms with Crippen LogP contribution >= 0.6 is 31.9 Å². The molecule has 0 saturated heterocycles. The van der Waals surface area contributed by atoms with Crippen molar-refractivity contribution in [1.29, 1.82) is 0 Å². The molecule has 0 unspecified atom stereocenters. The lowest BCUT2D eigenvalue weighted by Crippen LogP contribution is -2.10. The molecule has 1 heterocycles. The largest absolute Gasteiger partial charge is 0.341 e. The fourth-order valence-corrected chi connectivity index (χ4v) is 3.69. The van der Waals surface area contributed by atoms with Crippen molar-refractivity contribution in [3.63, 3.8) is 0 Å². The Balaban J connectivity index is 1.79. The minimum atomic E-state index is -0.450. The van der Waals surface area contributed by atoms with Crippen molar-refractivity contribution < 1.29 is 4.92 Å². The first kappa shape index (κ1) is 19.4.